The molecule has 0 aliphatic heterocycles. The number of ether oxygens (including phenoxy) is 1. The third-order valence-electron chi connectivity index (χ3n) is 2.06. The summed E-state index contributed by atoms with van der Waals surface area (Å²) in [6.07, 6.45) is 0. The van der Waals surface area contributed by atoms with Crippen molar-refractivity contribution in [1.29, 1.82) is 0 Å². The molecule has 1 aromatic heterocycles. The second-order valence-corrected chi connectivity index (χ2v) is 4.10. The lowest BCUT2D eigenvalue weighted by atomic mass is 10.5. The molecular weight excluding hydrogens is 258 g/mol. The summed E-state index contributed by atoms with van der Waals surface area (Å²) < 4.78 is 5.16. The Kier molecular flexibility index (Phi) is 5.08. The number of aromatic nitrogens is 3. The summed E-state index contributed by atoms with van der Waals surface area (Å²) in [6.45, 7) is 2.40. The summed E-state index contributed by atoms with van der Waals surface area (Å²) in [6, 6.07) is 0.150. The SMILES string of the molecule is CCOc1nc(Cl)nc(N(C)CC(=O)N(C)C)n1. The topological polar surface area (TPSA) is 71.5 Å². The van der Waals surface area contributed by atoms with Crippen molar-refractivity contribution in [3.05, 3.63) is 5.28 Å². The molecule has 18 heavy (non-hydrogen) atoms. The summed E-state index contributed by atoms with van der Waals surface area (Å²) >= 11 is 5.76. The number of nitrogens with zero attached hydrogens (tertiary/aromatic N) is 5. The van der Waals surface area contributed by atoms with Gasteiger partial charge in [0.05, 0.1) is 13.2 Å². The van der Waals surface area contributed by atoms with Crippen molar-refractivity contribution in [2.24, 2.45) is 0 Å². The molecule has 0 bridgehead atoms. The molecule has 7 nitrogen and oxygen atoms in total. The van der Waals surface area contributed by atoms with E-state index in [1.165, 1.54) is 4.90 Å². The maximum atomic E-state index is 11.6. The van der Waals surface area contributed by atoms with E-state index < -0.39 is 0 Å². The molecule has 0 aliphatic rings. The Morgan fingerprint density at radius 1 is 1.28 bits per heavy atom. The van der Waals surface area contributed by atoms with E-state index in [-0.39, 0.29) is 23.7 Å². The predicted molar refractivity (Wildman–Crippen MR) is 68.0 cm³/mol. The minimum Gasteiger partial charge on any atom is -0.464 e. The Bertz CT molecular complexity index is 427. The highest BCUT2D eigenvalue weighted by molar-refractivity contribution is 6.28. The minimum absolute atomic E-state index is 0.0348. The van der Waals surface area contributed by atoms with Gasteiger partial charge in [-0.05, 0) is 18.5 Å². The molecular formula is C10H16ClN5O2. The number of carbonyl (C=O) groups is 1. The van der Waals surface area contributed by atoms with Crippen LogP contribution >= 0.6 is 11.6 Å². The number of halogens is 1. The van der Waals surface area contributed by atoms with E-state index in [2.05, 4.69) is 15.0 Å². The van der Waals surface area contributed by atoms with Crippen LogP contribution < -0.4 is 9.64 Å². The Hall–Kier alpha value is -1.63. The monoisotopic (exact) mass is 273 g/mol. The lowest BCUT2D eigenvalue weighted by molar-refractivity contribution is -0.127. The number of amides is 1. The van der Waals surface area contributed by atoms with Gasteiger partial charge in [0, 0.05) is 21.1 Å². The van der Waals surface area contributed by atoms with Crippen molar-refractivity contribution in [1.82, 2.24) is 19.9 Å². The Morgan fingerprint density at radius 2 is 1.94 bits per heavy atom. The van der Waals surface area contributed by atoms with Crippen LogP contribution in [0.5, 0.6) is 6.01 Å². The fourth-order valence-corrected chi connectivity index (χ4v) is 1.25. The molecule has 0 N–H and O–H groups in total. The van der Waals surface area contributed by atoms with Crippen LogP contribution in [0.3, 0.4) is 0 Å². The Morgan fingerprint density at radius 3 is 2.50 bits per heavy atom. The van der Waals surface area contributed by atoms with Crippen LogP contribution in [0, 0.1) is 0 Å². The predicted octanol–water partition coefficient (Wildman–Crippen LogP) is 0.448. The van der Waals surface area contributed by atoms with Gasteiger partial charge in [-0.2, -0.15) is 15.0 Å². The molecule has 0 aromatic carbocycles. The van der Waals surface area contributed by atoms with Gasteiger partial charge in [0.1, 0.15) is 0 Å². The van der Waals surface area contributed by atoms with Gasteiger partial charge in [-0.25, -0.2) is 0 Å². The van der Waals surface area contributed by atoms with Crippen molar-refractivity contribution >= 4 is 23.5 Å². The molecule has 1 aromatic rings. The van der Waals surface area contributed by atoms with Crippen molar-refractivity contribution in [2.45, 2.75) is 6.92 Å². The van der Waals surface area contributed by atoms with Crippen molar-refractivity contribution in [3.63, 3.8) is 0 Å². The average molecular weight is 274 g/mol. The first-order valence-corrected chi connectivity index (χ1v) is 5.77. The molecule has 0 radical (unpaired) electrons. The van der Waals surface area contributed by atoms with E-state index in [1.54, 1.807) is 26.0 Å². The average Bonchev–Trinajstić information content (AvgIpc) is 2.28. The third-order valence-corrected chi connectivity index (χ3v) is 2.23. The lowest BCUT2D eigenvalue weighted by Gasteiger charge is -2.19. The van der Waals surface area contributed by atoms with Crippen LogP contribution in [0.15, 0.2) is 0 Å². The Labute approximate surface area is 111 Å². The molecule has 0 spiro atoms. The first-order chi connectivity index (χ1) is 8.43. The number of hydrogen-bond donors (Lipinski definition) is 0. The van der Waals surface area contributed by atoms with Crippen molar-refractivity contribution in [3.8, 4) is 6.01 Å². The van der Waals surface area contributed by atoms with Gasteiger partial charge < -0.3 is 14.5 Å². The van der Waals surface area contributed by atoms with Gasteiger partial charge in [0.2, 0.25) is 17.1 Å². The highest BCUT2D eigenvalue weighted by Crippen LogP contribution is 2.13. The minimum atomic E-state index is -0.0630. The molecule has 0 unspecified atom stereocenters. The summed E-state index contributed by atoms with van der Waals surface area (Å²) in [5.41, 5.74) is 0. The van der Waals surface area contributed by atoms with Crippen LogP contribution in [-0.4, -0.2) is 60.1 Å². The normalized spacial score (nSPS) is 10.1. The van der Waals surface area contributed by atoms with Crippen molar-refractivity contribution in [2.75, 3.05) is 39.2 Å². The number of likely N-dealkylation sites (N-methyl/N-ethyl adjacent to an activating group) is 2. The molecule has 0 atom stereocenters. The molecule has 100 valence electrons. The van der Waals surface area contributed by atoms with E-state index in [9.17, 15) is 4.79 Å². The van der Waals surface area contributed by atoms with Crippen LogP contribution in [0.4, 0.5) is 5.95 Å². The van der Waals surface area contributed by atoms with Crippen molar-refractivity contribution < 1.29 is 9.53 Å². The van der Waals surface area contributed by atoms with Crippen LogP contribution in [0.25, 0.3) is 0 Å². The zero-order chi connectivity index (χ0) is 13.7. The quantitative estimate of drug-likeness (QED) is 0.776. The standard InChI is InChI=1S/C10H16ClN5O2/c1-5-18-10-13-8(11)12-9(14-10)16(4)6-7(17)15(2)3/h5-6H2,1-4H3. The Balaban J connectivity index is 2.84. The fourth-order valence-electron chi connectivity index (χ4n) is 1.10. The van der Waals surface area contributed by atoms with E-state index in [0.29, 0.717) is 12.6 Å². The molecule has 0 aliphatic carbocycles. The molecule has 1 rings (SSSR count). The molecule has 8 heteroatoms. The molecule has 0 fully saturated rings. The largest absolute Gasteiger partial charge is 0.464 e. The summed E-state index contributed by atoms with van der Waals surface area (Å²) in [4.78, 5) is 26.5. The second kappa shape index (κ2) is 6.34. The van der Waals surface area contributed by atoms with E-state index >= 15 is 0 Å². The number of carbonyl (C=O) groups excluding carboxylic acids is 1. The zero-order valence-corrected chi connectivity index (χ0v) is 11.6. The second-order valence-electron chi connectivity index (χ2n) is 3.76. The molecule has 0 saturated carbocycles. The van der Waals surface area contributed by atoms with Gasteiger partial charge in [0.25, 0.3) is 0 Å². The maximum Gasteiger partial charge on any atom is 0.322 e. The smallest absolute Gasteiger partial charge is 0.322 e. The van der Waals surface area contributed by atoms with Gasteiger partial charge in [-0.1, -0.05) is 0 Å². The van der Waals surface area contributed by atoms with Gasteiger partial charge in [-0.3, -0.25) is 4.79 Å². The first kappa shape index (κ1) is 14.4. The molecule has 1 heterocycles. The molecule has 1 amide bonds. The zero-order valence-electron chi connectivity index (χ0n) is 10.8. The van der Waals surface area contributed by atoms with Crippen LogP contribution in [0.2, 0.25) is 5.28 Å². The van der Waals surface area contributed by atoms with Gasteiger partial charge in [0.15, 0.2) is 0 Å². The summed E-state index contributed by atoms with van der Waals surface area (Å²) in [5.74, 6) is 0.237. The van der Waals surface area contributed by atoms with Crippen LogP contribution in [0.1, 0.15) is 6.92 Å². The highest BCUT2D eigenvalue weighted by atomic mass is 35.5. The number of rotatable bonds is 5. The third kappa shape index (κ3) is 3.99. The van der Waals surface area contributed by atoms with Gasteiger partial charge in [-0.15, -0.1) is 0 Å². The summed E-state index contributed by atoms with van der Waals surface area (Å²) in [7, 11) is 5.06. The fraction of sp³-hybridized carbons (Fsp3) is 0.600. The van der Waals surface area contributed by atoms with Gasteiger partial charge >= 0.3 is 6.01 Å². The number of hydrogen-bond acceptors (Lipinski definition) is 6. The first-order valence-electron chi connectivity index (χ1n) is 5.39. The molecule has 0 saturated heterocycles. The summed E-state index contributed by atoms with van der Waals surface area (Å²) in [5, 5.41) is 0.0348. The lowest BCUT2D eigenvalue weighted by Crippen LogP contribution is -2.35. The highest BCUT2D eigenvalue weighted by Gasteiger charge is 2.14. The number of anilines is 1. The van der Waals surface area contributed by atoms with E-state index in [4.69, 9.17) is 16.3 Å². The van der Waals surface area contributed by atoms with E-state index in [0.717, 1.165) is 0 Å². The van der Waals surface area contributed by atoms with Crippen LogP contribution in [-0.2, 0) is 4.79 Å². The van der Waals surface area contributed by atoms with E-state index in [1.807, 2.05) is 6.92 Å². The maximum absolute atomic E-state index is 11.6.